The Morgan fingerprint density at radius 2 is 1.88 bits per heavy atom. The maximum absolute atomic E-state index is 12.6. The van der Waals surface area contributed by atoms with Gasteiger partial charge in [-0.2, -0.15) is 0 Å². The number of hydrogen-bond acceptors (Lipinski definition) is 5. The van der Waals surface area contributed by atoms with Crippen molar-refractivity contribution in [1.82, 2.24) is 4.90 Å². The number of nitro benzene ring substituents is 1. The summed E-state index contributed by atoms with van der Waals surface area (Å²) in [6.45, 7) is 4.91. The second-order valence-electron chi connectivity index (χ2n) is 5.71. The lowest BCUT2D eigenvalue weighted by Crippen LogP contribution is -2.35. The SMILES string of the molecule is CCCCCN(CCC(=O)OCC)C(=O)Cc1ccccc1[N+](=O)[O-]. The van der Waals surface area contributed by atoms with Crippen LogP contribution < -0.4 is 0 Å². The van der Waals surface area contributed by atoms with E-state index in [1.54, 1.807) is 30.0 Å². The molecule has 0 bridgehead atoms. The van der Waals surface area contributed by atoms with Crippen molar-refractivity contribution >= 4 is 17.6 Å². The minimum atomic E-state index is -0.483. The molecule has 0 heterocycles. The van der Waals surface area contributed by atoms with Gasteiger partial charge in [0, 0.05) is 24.7 Å². The van der Waals surface area contributed by atoms with Gasteiger partial charge >= 0.3 is 5.97 Å². The molecule has 0 aliphatic rings. The lowest BCUT2D eigenvalue weighted by molar-refractivity contribution is -0.385. The Balaban J connectivity index is 2.77. The first-order chi connectivity index (χ1) is 12.0. The Hall–Kier alpha value is -2.44. The summed E-state index contributed by atoms with van der Waals surface area (Å²) in [5.74, 6) is -0.559. The van der Waals surface area contributed by atoms with Crippen molar-refractivity contribution in [3.8, 4) is 0 Å². The van der Waals surface area contributed by atoms with Crippen LogP contribution in [-0.4, -0.2) is 41.4 Å². The summed E-state index contributed by atoms with van der Waals surface area (Å²) in [5, 5.41) is 11.1. The largest absolute Gasteiger partial charge is 0.466 e. The van der Waals surface area contributed by atoms with Crippen LogP contribution in [0.2, 0.25) is 0 Å². The monoisotopic (exact) mass is 350 g/mol. The molecule has 0 radical (unpaired) electrons. The fourth-order valence-corrected chi connectivity index (χ4v) is 2.49. The topological polar surface area (TPSA) is 89.8 Å². The molecule has 138 valence electrons. The number of unbranched alkanes of at least 4 members (excludes halogenated alkanes) is 2. The van der Waals surface area contributed by atoms with Gasteiger partial charge in [0.15, 0.2) is 0 Å². The van der Waals surface area contributed by atoms with Gasteiger partial charge < -0.3 is 9.64 Å². The van der Waals surface area contributed by atoms with Crippen molar-refractivity contribution in [2.75, 3.05) is 19.7 Å². The molecule has 1 aromatic rings. The predicted octanol–water partition coefficient (Wildman–Crippen LogP) is 3.11. The lowest BCUT2D eigenvalue weighted by atomic mass is 10.1. The van der Waals surface area contributed by atoms with Gasteiger partial charge in [-0.3, -0.25) is 19.7 Å². The van der Waals surface area contributed by atoms with Crippen LogP contribution in [0.1, 0.15) is 45.1 Å². The van der Waals surface area contributed by atoms with Crippen LogP contribution in [0.15, 0.2) is 24.3 Å². The van der Waals surface area contributed by atoms with Gasteiger partial charge in [0.2, 0.25) is 5.91 Å². The van der Waals surface area contributed by atoms with Crippen LogP contribution in [0, 0.1) is 10.1 Å². The van der Waals surface area contributed by atoms with Gasteiger partial charge in [0.25, 0.3) is 5.69 Å². The Morgan fingerprint density at radius 3 is 2.52 bits per heavy atom. The van der Waals surface area contributed by atoms with Gasteiger partial charge in [-0.1, -0.05) is 38.0 Å². The van der Waals surface area contributed by atoms with Crippen molar-refractivity contribution in [2.45, 2.75) is 46.0 Å². The third-order valence-electron chi connectivity index (χ3n) is 3.81. The summed E-state index contributed by atoms with van der Waals surface area (Å²) < 4.78 is 4.90. The molecule has 0 aliphatic heterocycles. The van der Waals surface area contributed by atoms with Gasteiger partial charge in [-0.25, -0.2) is 0 Å². The quantitative estimate of drug-likeness (QED) is 0.265. The number of amides is 1. The second kappa shape index (κ2) is 11.2. The van der Waals surface area contributed by atoms with Crippen molar-refractivity contribution in [3.63, 3.8) is 0 Å². The molecule has 0 N–H and O–H groups in total. The highest BCUT2D eigenvalue weighted by Gasteiger charge is 2.20. The van der Waals surface area contributed by atoms with E-state index in [1.165, 1.54) is 6.07 Å². The normalized spacial score (nSPS) is 10.3. The summed E-state index contributed by atoms with van der Waals surface area (Å²) >= 11 is 0. The highest BCUT2D eigenvalue weighted by Crippen LogP contribution is 2.19. The first-order valence-electron chi connectivity index (χ1n) is 8.65. The van der Waals surface area contributed by atoms with Gasteiger partial charge in [-0.05, 0) is 13.3 Å². The van der Waals surface area contributed by atoms with Crippen molar-refractivity contribution in [2.24, 2.45) is 0 Å². The number of ether oxygens (including phenoxy) is 1. The molecule has 0 atom stereocenters. The zero-order chi connectivity index (χ0) is 18.7. The number of esters is 1. The molecule has 1 rings (SSSR count). The summed E-state index contributed by atoms with van der Waals surface area (Å²) in [6, 6.07) is 6.23. The van der Waals surface area contributed by atoms with Crippen LogP contribution in [-0.2, 0) is 20.7 Å². The molecule has 1 aromatic carbocycles. The first kappa shape index (κ1) is 20.6. The maximum atomic E-state index is 12.6. The molecule has 0 saturated heterocycles. The van der Waals surface area contributed by atoms with E-state index in [0.29, 0.717) is 18.7 Å². The van der Waals surface area contributed by atoms with Gasteiger partial charge in [0.1, 0.15) is 0 Å². The van der Waals surface area contributed by atoms with Crippen molar-refractivity contribution < 1.29 is 19.2 Å². The van der Waals surface area contributed by atoms with E-state index in [1.807, 2.05) is 0 Å². The Kier molecular flexibility index (Phi) is 9.21. The molecule has 0 aliphatic carbocycles. The Bertz CT molecular complexity index is 589. The maximum Gasteiger partial charge on any atom is 0.307 e. The minimum Gasteiger partial charge on any atom is -0.466 e. The lowest BCUT2D eigenvalue weighted by Gasteiger charge is -2.22. The standard InChI is InChI=1S/C18H26N2O5/c1-3-5-8-12-19(13-11-18(22)25-4-2)17(21)14-15-9-6-7-10-16(15)20(23)24/h6-7,9-10H,3-5,8,11-14H2,1-2H3. The minimum absolute atomic E-state index is 0.0495. The predicted molar refractivity (Wildman–Crippen MR) is 94.2 cm³/mol. The number of carbonyl (C=O) groups excluding carboxylic acids is 2. The fraction of sp³-hybridized carbons (Fsp3) is 0.556. The van der Waals surface area contributed by atoms with E-state index in [-0.39, 0.29) is 37.0 Å². The van der Waals surface area contributed by atoms with Gasteiger partial charge in [-0.15, -0.1) is 0 Å². The van der Waals surface area contributed by atoms with Crippen LogP contribution in [0.4, 0.5) is 5.69 Å². The van der Waals surface area contributed by atoms with Crippen LogP contribution in [0.25, 0.3) is 0 Å². The highest BCUT2D eigenvalue weighted by atomic mass is 16.6. The number of nitro groups is 1. The number of benzene rings is 1. The smallest absolute Gasteiger partial charge is 0.307 e. The number of hydrogen-bond donors (Lipinski definition) is 0. The molecule has 0 saturated carbocycles. The molecule has 25 heavy (non-hydrogen) atoms. The van der Waals surface area contributed by atoms with E-state index in [2.05, 4.69) is 6.92 Å². The van der Waals surface area contributed by atoms with E-state index < -0.39 is 4.92 Å². The van der Waals surface area contributed by atoms with Crippen molar-refractivity contribution in [1.29, 1.82) is 0 Å². The van der Waals surface area contributed by atoms with E-state index in [4.69, 9.17) is 4.74 Å². The molecule has 1 amide bonds. The molecule has 0 spiro atoms. The number of nitrogens with zero attached hydrogens (tertiary/aromatic N) is 2. The number of carbonyl (C=O) groups is 2. The zero-order valence-electron chi connectivity index (χ0n) is 14.9. The van der Waals surface area contributed by atoms with Crippen molar-refractivity contribution in [3.05, 3.63) is 39.9 Å². The average molecular weight is 350 g/mol. The third-order valence-corrected chi connectivity index (χ3v) is 3.81. The molecule has 0 aromatic heterocycles. The Morgan fingerprint density at radius 1 is 1.16 bits per heavy atom. The summed E-state index contributed by atoms with van der Waals surface area (Å²) in [5.41, 5.74) is 0.323. The molecular weight excluding hydrogens is 324 g/mol. The number of para-hydroxylation sites is 1. The van der Waals surface area contributed by atoms with E-state index in [0.717, 1.165) is 19.3 Å². The van der Waals surface area contributed by atoms with E-state index in [9.17, 15) is 19.7 Å². The molecule has 7 heteroatoms. The molecule has 7 nitrogen and oxygen atoms in total. The molecular formula is C18H26N2O5. The summed E-state index contributed by atoms with van der Waals surface area (Å²) in [4.78, 5) is 36.4. The highest BCUT2D eigenvalue weighted by molar-refractivity contribution is 5.80. The summed E-state index contributed by atoms with van der Waals surface area (Å²) in [7, 11) is 0. The fourth-order valence-electron chi connectivity index (χ4n) is 2.49. The zero-order valence-corrected chi connectivity index (χ0v) is 14.9. The number of rotatable bonds is 11. The van der Waals surface area contributed by atoms with Crippen LogP contribution in [0.3, 0.4) is 0 Å². The van der Waals surface area contributed by atoms with E-state index >= 15 is 0 Å². The van der Waals surface area contributed by atoms with Crippen LogP contribution >= 0.6 is 0 Å². The van der Waals surface area contributed by atoms with Crippen LogP contribution in [0.5, 0.6) is 0 Å². The van der Waals surface area contributed by atoms with Gasteiger partial charge in [0.05, 0.1) is 24.4 Å². The molecule has 0 fully saturated rings. The second-order valence-corrected chi connectivity index (χ2v) is 5.71. The Labute approximate surface area is 148 Å². The average Bonchev–Trinajstić information content (AvgIpc) is 2.58. The first-order valence-corrected chi connectivity index (χ1v) is 8.65. The third kappa shape index (κ3) is 7.32. The molecule has 0 unspecified atom stereocenters. The summed E-state index contributed by atoms with van der Waals surface area (Å²) in [6.07, 6.45) is 2.91.